The van der Waals surface area contributed by atoms with Crippen LogP contribution in [0, 0.1) is 0 Å². The van der Waals surface area contributed by atoms with Gasteiger partial charge in [-0.2, -0.15) is 0 Å². The normalized spacial score (nSPS) is 12.8. The fourth-order valence-corrected chi connectivity index (χ4v) is 8.58. The van der Waals surface area contributed by atoms with Crippen molar-refractivity contribution in [2.24, 2.45) is 0 Å². The lowest BCUT2D eigenvalue weighted by atomic mass is 10.0. The number of rotatable bonds is 56. The van der Waals surface area contributed by atoms with Gasteiger partial charge in [-0.25, -0.2) is 0 Å². The van der Waals surface area contributed by atoms with E-state index in [9.17, 15) is 14.4 Å². The van der Waals surface area contributed by atoms with E-state index in [0.29, 0.717) is 19.3 Å². The Bertz CT molecular complexity index is 1520. The Labute approximate surface area is 463 Å². The highest BCUT2D eigenvalue weighted by Gasteiger charge is 2.19. The Morgan fingerprint density at radius 2 is 0.547 bits per heavy atom. The number of hydrogen-bond acceptors (Lipinski definition) is 6. The van der Waals surface area contributed by atoms with Crippen LogP contribution < -0.4 is 0 Å². The first-order chi connectivity index (χ1) is 37.0. The standard InChI is InChI=1S/C69H116O6/c1-4-7-10-13-16-19-22-25-27-29-31-32-33-34-35-36-38-39-41-44-47-50-53-56-59-62-68(71)74-65-66(64-73-67(70)61-58-55-52-49-46-43-24-21-18-15-12-9-6-3)75-69(72)63-60-57-54-51-48-45-42-40-37-30-28-26-23-20-17-14-11-8-5-2/h7,10,12,15-16,19,21,24-25,27,31-32,34-35,38-39,44,47,66H,4-6,8-9,11,13-14,17-18,20,22-23,26,28-30,33,36-37,40-43,45-46,48-65H2,1-3H3/b10-7-,15-12-,19-16-,24-21-,27-25-,32-31-,35-34-,39-38-,47-44-. The molecule has 0 rings (SSSR count). The second-order valence-electron chi connectivity index (χ2n) is 20.6. The van der Waals surface area contributed by atoms with Gasteiger partial charge in [-0.3, -0.25) is 14.4 Å². The molecule has 0 aromatic rings. The Balaban J connectivity index is 4.41. The van der Waals surface area contributed by atoms with Crippen molar-refractivity contribution in [1.82, 2.24) is 0 Å². The topological polar surface area (TPSA) is 78.9 Å². The van der Waals surface area contributed by atoms with Gasteiger partial charge in [0.05, 0.1) is 0 Å². The van der Waals surface area contributed by atoms with Gasteiger partial charge < -0.3 is 14.2 Å². The average Bonchev–Trinajstić information content (AvgIpc) is 3.41. The fraction of sp³-hybridized carbons (Fsp3) is 0.696. The van der Waals surface area contributed by atoms with Crippen molar-refractivity contribution in [3.8, 4) is 0 Å². The molecule has 0 radical (unpaired) electrons. The maximum atomic E-state index is 12.9. The molecule has 0 N–H and O–H groups in total. The van der Waals surface area contributed by atoms with Crippen LogP contribution in [0.1, 0.15) is 290 Å². The molecule has 6 heteroatoms. The molecule has 1 atom stereocenters. The number of ether oxygens (including phenoxy) is 3. The van der Waals surface area contributed by atoms with Crippen molar-refractivity contribution >= 4 is 17.9 Å². The molecule has 0 heterocycles. The molecule has 0 aliphatic carbocycles. The summed E-state index contributed by atoms with van der Waals surface area (Å²) in [7, 11) is 0. The molecule has 0 spiro atoms. The molecule has 428 valence electrons. The first-order valence-electron chi connectivity index (χ1n) is 31.4. The minimum absolute atomic E-state index is 0.0953. The third-order valence-electron chi connectivity index (χ3n) is 13.2. The summed E-state index contributed by atoms with van der Waals surface area (Å²) in [4.78, 5) is 38.3. The summed E-state index contributed by atoms with van der Waals surface area (Å²) in [6, 6.07) is 0. The van der Waals surface area contributed by atoms with Gasteiger partial charge in [0, 0.05) is 19.3 Å². The zero-order chi connectivity index (χ0) is 54.3. The predicted octanol–water partition coefficient (Wildman–Crippen LogP) is 21.4. The first kappa shape index (κ1) is 71.1. The molecular formula is C69H116O6. The number of allylic oxidation sites excluding steroid dienone is 18. The summed E-state index contributed by atoms with van der Waals surface area (Å²) >= 11 is 0. The molecule has 0 aliphatic heterocycles. The lowest BCUT2D eigenvalue weighted by Crippen LogP contribution is -2.30. The number of esters is 3. The van der Waals surface area contributed by atoms with Crippen molar-refractivity contribution in [3.63, 3.8) is 0 Å². The van der Waals surface area contributed by atoms with Gasteiger partial charge in [0.15, 0.2) is 6.10 Å². The van der Waals surface area contributed by atoms with Gasteiger partial charge in [-0.05, 0) is 103 Å². The molecule has 0 amide bonds. The Hall–Kier alpha value is -3.93. The average molecular weight is 1040 g/mol. The summed E-state index contributed by atoms with van der Waals surface area (Å²) in [5.41, 5.74) is 0. The third kappa shape index (κ3) is 60.8. The van der Waals surface area contributed by atoms with Crippen LogP contribution >= 0.6 is 0 Å². The van der Waals surface area contributed by atoms with Crippen molar-refractivity contribution in [3.05, 3.63) is 109 Å². The van der Waals surface area contributed by atoms with E-state index in [1.807, 2.05) is 0 Å². The van der Waals surface area contributed by atoms with Crippen molar-refractivity contribution in [1.29, 1.82) is 0 Å². The number of hydrogen-bond donors (Lipinski definition) is 0. The van der Waals surface area contributed by atoms with Crippen LogP contribution in [0.15, 0.2) is 109 Å². The van der Waals surface area contributed by atoms with Gasteiger partial charge >= 0.3 is 17.9 Å². The monoisotopic (exact) mass is 1040 g/mol. The van der Waals surface area contributed by atoms with Crippen LogP contribution in [-0.4, -0.2) is 37.2 Å². The molecular weight excluding hydrogens is 925 g/mol. The molecule has 6 nitrogen and oxygen atoms in total. The smallest absolute Gasteiger partial charge is 0.306 e. The third-order valence-corrected chi connectivity index (χ3v) is 13.2. The van der Waals surface area contributed by atoms with Crippen LogP contribution in [-0.2, 0) is 28.6 Å². The van der Waals surface area contributed by atoms with E-state index >= 15 is 0 Å². The van der Waals surface area contributed by atoms with E-state index < -0.39 is 6.10 Å². The van der Waals surface area contributed by atoms with Gasteiger partial charge in [-0.15, -0.1) is 0 Å². The van der Waals surface area contributed by atoms with Crippen molar-refractivity contribution in [2.75, 3.05) is 13.2 Å². The number of carbonyl (C=O) groups excluding carboxylic acids is 3. The van der Waals surface area contributed by atoms with E-state index in [0.717, 1.165) is 141 Å². The highest BCUT2D eigenvalue weighted by Crippen LogP contribution is 2.16. The largest absolute Gasteiger partial charge is 0.462 e. The maximum Gasteiger partial charge on any atom is 0.306 e. The summed E-state index contributed by atoms with van der Waals surface area (Å²) in [6.45, 7) is 6.44. The zero-order valence-corrected chi connectivity index (χ0v) is 49.0. The molecule has 75 heavy (non-hydrogen) atoms. The lowest BCUT2D eigenvalue weighted by Gasteiger charge is -2.18. The van der Waals surface area contributed by atoms with Gasteiger partial charge in [0.25, 0.3) is 0 Å². The molecule has 0 saturated heterocycles. The van der Waals surface area contributed by atoms with Crippen LogP contribution in [0.2, 0.25) is 0 Å². The summed E-state index contributed by atoms with van der Waals surface area (Å²) < 4.78 is 16.9. The SMILES string of the molecule is CC/C=C\C/C=C\C/C=C\C/C=C\C/C=C\C/C=C\C/C=C\CCCCCC(=O)OCC(COC(=O)CCCCCCC/C=C\C/C=C\CCC)OC(=O)CCCCCCCCCCCCCCCCCCCCC. The number of unbranched alkanes of at least 4 members (excludes halogenated alkanes) is 27. The Morgan fingerprint density at radius 1 is 0.280 bits per heavy atom. The zero-order valence-electron chi connectivity index (χ0n) is 49.0. The molecule has 1 unspecified atom stereocenters. The second kappa shape index (κ2) is 62.6. The molecule has 0 aromatic heterocycles. The quantitative estimate of drug-likeness (QED) is 0.0261. The highest BCUT2D eigenvalue weighted by molar-refractivity contribution is 5.71. The highest BCUT2D eigenvalue weighted by atomic mass is 16.6. The fourth-order valence-electron chi connectivity index (χ4n) is 8.58. The van der Waals surface area contributed by atoms with Crippen molar-refractivity contribution < 1.29 is 28.6 Å². The van der Waals surface area contributed by atoms with E-state index in [1.165, 1.54) is 109 Å². The minimum atomic E-state index is -0.799. The summed E-state index contributed by atoms with van der Waals surface area (Å²) in [5.74, 6) is -0.934. The van der Waals surface area contributed by atoms with Crippen LogP contribution in [0.3, 0.4) is 0 Å². The molecule has 0 fully saturated rings. The van der Waals surface area contributed by atoms with E-state index in [-0.39, 0.29) is 31.1 Å². The lowest BCUT2D eigenvalue weighted by molar-refractivity contribution is -0.167. The Morgan fingerprint density at radius 3 is 0.880 bits per heavy atom. The van der Waals surface area contributed by atoms with Crippen LogP contribution in [0.5, 0.6) is 0 Å². The number of carbonyl (C=O) groups is 3. The van der Waals surface area contributed by atoms with Crippen molar-refractivity contribution in [2.45, 2.75) is 297 Å². The molecule has 0 saturated carbocycles. The summed E-state index contributed by atoms with van der Waals surface area (Å²) in [6.07, 6.45) is 85.2. The minimum Gasteiger partial charge on any atom is -0.462 e. The predicted molar refractivity (Wildman–Crippen MR) is 325 cm³/mol. The Kier molecular flexibility index (Phi) is 59.3. The summed E-state index contributed by atoms with van der Waals surface area (Å²) in [5, 5.41) is 0. The first-order valence-corrected chi connectivity index (χ1v) is 31.4. The second-order valence-corrected chi connectivity index (χ2v) is 20.6. The molecule has 0 aromatic carbocycles. The van der Waals surface area contributed by atoms with Gasteiger partial charge in [0.1, 0.15) is 13.2 Å². The molecule has 0 aliphatic rings. The van der Waals surface area contributed by atoms with E-state index in [4.69, 9.17) is 14.2 Å². The van der Waals surface area contributed by atoms with E-state index in [2.05, 4.69) is 130 Å². The molecule has 0 bridgehead atoms. The van der Waals surface area contributed by atoms with Gasteiger partial charge in [-0.1, -0.05) is 278 Å². The maximum absolute atomic E-state index is 12.9. The van der Waals surface area contributed by atoms with Crippen LogP contribution in [0.4, 0.5) is 0 Å². The van der Waals surface area contributed by atoms with Crippen LogP contribution in [0.25, 0.3) is 0 Å². The van der Waals surface area contributed by atoms with E-state index in [1.54, 1.807) is 0 Å². The van der Waals surface area contributed by atoms with Gasteiger partial charge in [0.2, 0.25) is 0 Å².